The fourth-order valence-electron chi connectivity index (χ4n) is 4.22. The number of rotatable bonds is 5. The number of hydrogen-bond donors (Lipinski definition) is 1. The molecule has 0 radical (unpaired) electrons. The molecule has 2 amide bonds. The fourth-order valence-corrected chi connectivity index (χ4v) is 4.22. The monoisotopic (exact) mass is 442 g/mol. The van der Waals surface area contributed by atoms with Crippen LogP contribution in [0.2, 0.25) is 0 Å². The SMILES string of the molecule is Cc1ccc(CN2C(=O)C(CC(=O)Nc3ccc(C)cc3F)n3c2nc2ccccc23)cc1. The zero-order valence-corrected chi connectivity index (χ0v) is 18.4. The zero-order valence-electron chi connectivity index (χ0n) is 18.4. The number of imidazole rings is 1. The zero-order chi connectivity index (χ0) is 23.1. The second-order valence-corrected chi connectivity index (χ2v) is 8.43. The molecule has 0 saturated carbocycles. The molecule has 166 valence electrons. The van der Waals surface area contributed by atoms with Gasteiger partial charge in [0.15, 0.2) is 0 Å². The van der Waals surface area contributed by atoms with E-state index in [0.717, 1.165) is 27.7 Å². The molecular formula is C26H23FN4O2. The van der Waals surface area contributed by atoms with Crippen LogP contribution in [0.25, 0.3) is 11.0 Å². The fraction of sp³-hybridized carbons (Fsp3) is 0.192. The molecule has 6 nitrogen and oxygen atoms in total. The Balaban J connectivity index is 1.46. The Bertz CT molecular complexity index is 1380. The number of nitrogens with one attached hydrogen (secondary N) is 1. The largest absolute Gasteiger partial charge is 0.324 e. The predicted octanol–water partition coefficient (Wildman–Crippen LogP) is 4.91. The topological polar surface area (TPSA) is 67.2 Å². The van der Waals surface area contributed by atoms with Crippen molar-refractivity contribution in [1.82, 2.24) is 9.55 Å². The third kappa shape index (κ3) is 3.86. The van der Waals surface area contributed by atoms with Gasteiger partial charge in [-0.3, -0.25) is 19.1 Å². The van der Waals surface area contributed by atoms with Crippen LogP contribution in [0.4, 0.5) is 16.0 Å². The molecule has 3 aromatic carbocycles. The summed E-state index contributed by atoms with van der Waals surface area (Å²) in [5.74, 6) is -0.627. The maximum absolute atomic E-state index is 14.2. The van der Waals surface area contributed by atoms with Gasteiger partial charge in [-0.25, -0.2) is 9.37 Å². The van der Waals surface area contributed by atoms with Gasteiger partial charge in [-0.2, -0.15) is 0 Å². The average Bonchev–Trinajstić information content (AvgIpc) is 3.28. The van der Waals surface area contributed by atoms with E-state index in [0.29, 0.717) is 12.5 Å². The van der Waals surface area contributed by atoms with Crippen LogP contribution in [0.3, 0.4) is 0 Å². The van der Waals surface area contributed by atoms with Gasteiger partial charge in [-0.05, 0) is 49.2 Å². The molecule has 5 rings (SSSR count). The number of benzene rings is 3. The van der Waals surface area contributed by atoms with Crippen LogP contribution in [0.1, 0.15) is 29.2 Å². The van der Waals surface area contributed by atoms with Gasteiger partial charge in [0.05, 0.1) is 29.7 Å². The summed E-state index contributed by atoms with van der Waals surface area (Å²) in [5.41, 5.74) is 4.51. The number of aromatic nitrogens is 2. The van der Waals surface area contributed by atoms with Crippen LogP contribution in [-0.2, 0) is 16.1 Å². The van der Waals surface area contributed by atoms with Crippen molar-refractivity contribution < 1.29 is 14.0 Å². The van der Waals surface area contributed by atoms with Gasteiger partial charge in [-0.15, -0.1) is 0 Å². The van der Waals surface area contributed by atoms with E-state index in [4.69, 9.17) is 0 Å². The lowest BCUT2D eigenvalue weighted by Gasteiger charge is -2.16. The van der Waals surface area contributed by atoms with E-state index in [-0.39, 0.29) is 18.0 Å². The van der Waals surface area contributed by atoms with Crippen molar-refractivity contribution in [3.05, 3.63) is 89.2 Å². The first-order valence-electron chi connectivity index (χ1n) is 10.8. The molecule has 0 saturated heterocycles. The molecule has 0 fully saturated rings. The standard InChI is InChI=1S/C26H23FN4O2/c1-16-7-10-18(11-8-16)15-30-25(33)23(31-22-6-4-3-5-21(22)29-26(30)31)14-24(32)28-20-12-9-17(2)13-19(20)27/h3-13,23H,14-15H2,1-2H3,(H,28,32). The minimum absolute atomic E-state index is 0.100. The van der Waals surface area contributed by atoms with Crippen LogP contribution >= 0.6 is 0 Å². The quantitative estimate of drug-likeness (QED) is 0.478. The summed E-state index contributed by atoms with van der Waals surface area (Å²) in [6.45, 7) is 4.14. The van der Waals surface area contributed by atoms with Gasteiger partial charge in [0.25, 0.3) is 5.91 Å². The molecule has 4 aromatic rings. The number of hydrogen-bond acceptors (Lipinski definition) is 3. The van der Waals surface area contributed by atoms with Gasteiger partial charge in [0, 0.05) is 0 Å². The third-order valence-corrected chi connectivity index (χ3v) is 5.92. The molecule has 0 bridgehead atoms. The molecule has 33 heavy (non-hydrogen) atoms. The molecule has 1 aliphatic heterocycles. The average molecular weight is 442 g/mol. The minimum Gasteiger partial charge on any atom is -0.324 e. The highest BCUT2D eigenvalue weighted by molar-refractivity contribution is 6.05. The van der Waals surface area contributed by atoms with E-state index in [9.17, 15) is 14.0 Å². The first-order valence-corrected chi connectivity index (χ1v) is 10.8. The summed E-state index contributed by atoms with van der Waals surface area (Å²) in [7, 11) is 0. The summed E-state index contributed by atoms with van der Waals surface area (Å²) in [6.07, 6.45) is -0.121. The van der Waals surface area contributed by atoms with Crippen molar-refractivity contribution in [2.75, 3.05) is 10.2 Å². The third-order valence-electron chi connectivity index (χ3n) is 5.92. The Morgan fingerprint density at radius 3 is 2.52 bits per heavy atom. The molecular weight excluding hydrogens is 419 g/mol. The van der Waals surface area contributed by atoms with Crippen molar-refractivity contribution in [1.29, 1.82) is 0 Å². The summed E-state index contributed by atoms with van der Waals surface area (Å²) >= 11 is 0. The molecule has 0 spiro atoms. The van der Waals surface area contributed by atoms with E-state index < -0.39 is 17.8 Å². The number of anilines is 2. The first-order chi connectivity index (χ1) is 15.9. The Hall–Kier alpha value is -4.00. The van der Waals surface area contributed by atoms with Crippen LogP contribution in [-0.4, -0.2) is 21.4 Å². The number of halogens is 1. The number of carbonyl (C=O) groups is 2. The predicted molar refractivity (Wildman–Crippen MR) is 126 cm³/mol. The normalized spacial score (nSPS) is 15.2. The second kappa shape index (κ2) is 8.16. The number of para-hydroxylation sites is 2. The van der Waals surface area contributed by atoms with Crippen LogP contribution in [0, 0.1) is 19.7 Å². The molecule has 1 aromatic heterocycles. The van der Waals surface area contributed by atoms with Crippen molar-refractivity contribution in [2.45, 2.75) is 32.9 Å². The molecule has 7 heteroatoms. The van der Waals surface area contributed by atoms with Gasteiger partial charge >= 0.3 is 0 Å². The van der Waals surface area contributed by atoms with Gasteiger partial charge < -0.3 is 5.32 Å². The molecule has 1 atom stereocenters. The maximum Gasteiger partial charge on any atom is 0.253 e. The van der Waals surface area contributed by atoms with Crippen LogP contribution < -0.4 is 10.2 Å². The molecule has 0 aliphatic carbocycles. The molecule has 1 N–H and O–H groups in total. The Labute approximate surface area is 190 Å². The molecule has 1 unspecified atom stereocenters. The maximum atomic E-state index is 14.2. The summed E-state index contributed by atoms with van der Waals surface area (Å²) in [5, 5.41) is 2.61. The molecule has 2 heterocycles. The van der Waals surface area contributed by atoms with E-state index in [1.54, 1.807) is 17.9 Å². The van der Waals surface area contributed by atoms with Gasteiger partial charge in [0.1, 0.15) is 11.9 Å². The highest BCUT2D eigenvalue weighted by atomic mass is 19.1. The highest BCUT2D eigenvalue weighted by Gasteiger charge is 2.40. The highest BCUT2D eigenvalue weighted by Crippen LogP contribution is 2.37. The lowest BCUT2D eigenvalue weighted by molar-refractivity contribution is -0.124. The number of carbonyl (C=O) groups excluding carboxylic acids is 2. The summed E-state index contributed by atoms with van der Waals surface area (Å²) in [4.78, 5) is 32.6. The number of nitrogens with zero attached hydrogens (tertiary/aromatic N) is 3. The van der Waals surface area contributed by atoms with Crippen LogP contribution in [0.5, 0.6) is 0 Å². The van der Waals surface area contributed by atoms with E-state index in [2.05, 4.69) is 10.3 Å². The molecule has 1 aliphatic rings. The lowest BCUT2D eigenvalue weighted by atomic mass is 10.1. The van der Waals surface area contributed by atoms with Gasteiger partial charge in [0.2, 0.25) is 11.9 Å². The van der Waals surface area contributed by atoms with E-state index in [1.807, 2.05) is 60.0 Å². The smallest absolute Gasteiger partial charge is 0.253 e. The minimum atomic E-state index is -0.758. The number of fused-ring (bicyclic) bond motifs is 3. The summed E-state index contributed by atoms with van der Waals surface area (Å²) in [6, 6.07) is 19.4. The van der Waals surface area contributed by atoms with Crippen molar-refractivity contribution in [2.24, 2.45) is 0 Å². The Kier molecular flexibility index (Phi) is 5.17. The van der Waals surface area contributed by atoms with Crippen molar-refractivity contribution >= 4 is 34.5 Å². The second-order valence-electron chi connectivity index (χ2n) is 8.43. The van der Waals surface area contributed by atoms with Crippen LogP contribution in [0.15, 0.2) is 66.7 Å². The Morgan fingerprint density at radius 2 is 1.76 bits per heavy atom. The van der Waals surface area contributed by atoms with E-state index in [1.165, 1.54) is 12.1 Å². The lowest BCUT2D eigenvalue weighted by Crippen LogP contribution is -2.31. The number of aryl methyl sites for hydroxylation is 2. The first kappa shape index (κ1) is 20.9. The van der Waals surface area contributed by atoms with Crippen molar-refractivity contribution in [3.8, 4) is 0 Å². The Morgan fingerprint density at radius 1 is 1.03 bits per heavy atom. The number of amides is 2. The summed E-state index contributed by atoms with van der Waals surface area (Å²) < 4.78 is 16.0. The van der Waals surface area contributed by atoms with Crippen molar-refractivity contribution in [3.63, 3.8) is 0 Å². The van der Waals surface area contributed by atoms with Gasteiger partial charge in [-0.1, -0.05) is 48.0 Å². The van der Waals surface area contributed by atoms with E-state index >= 15 is 0 Å².